The molecule has 0 unspecified atom stereocenters. The van der Waals surface area contributed by atoms with Crippen molar-refractivity contribution in [3.8, 4) is 0 Å². The number of hydrogen-bond acceptors (Lipinski definition) is 1. The van der Waals surface area contributed by atoms with E-state index < -0.39 is 48.9 Å². The topological polar surface area (TPSA) is 57.5 Å². The number of hydrogen-bond donors (Lipinski definition) is 2. The van der Waals surface area contributed by atoms with Crippen LogP contribution in [-0.4, -0.2) is 40.3 Å². The molecule has 0 aliphatic heterocycles. The van der Waals surface area contributed by atoms with E-state index in [2.05, 4.69) is 0 Å². The van der Waals surface area contributed by atoms with Crippen LogP contribution in [0.3, 0.4) is 0 Å². The maximum atomic E-state index is 13.4. The standard InChI is InChI=1S/C10H11F9.CH2O3/c11-7(12,6-4-2-1-3-5-6)8(13,14)9(15,16)10(17,18)19;2-1(3)4/h6H,1-5H2;(H2,2,3,4). The van der Waals surface area contributed by atoms with Crippen molar-refractivity contribution in [1.29, 1.82) is 0 Å². The molecule has 0 radical (unpaired) electrons. The van der Waals surface area contributed by atoms with Crippen molar-refractivity contribution in [3.63, 3.8) is 0 Å². The molecular weight excluding hydrogens is 351 g/mol. The summed E-state index contributed by atoms with van der Waals surface area (Å²) in [6, 6.07) is 0. The molecule has 1 aliphatic rings. The lowest BCUT2D eigenvalue weighted by Gasteiger charge is -2.38. The second kappa shape index (κ2) is 7.04. The first-order chi connectivity index (χ1) is 10.1. The smallest absolute Gasteiger partial charge is 0.450 e. The number of rotatable bonds is 3. The van der Waals surface area contributed by atoms with E-state index in [9.17, 15) is 39.5 Å². The molecule has 23 heavy (non-hydrogen) atoms. The minimum absolute atomic E-state index is 0.105. The van der Waals surface area contributed by atoms with Crippen LogP contribution >= 0.6 is 0 Å². The largest absolute Gasteiger partial charge is 0.503 e. The molecule has 12 heteroatoms. The Labute approximate surface area is 124 Å². The molecule has 2 N–H and O–H groups in total. The predicted molar refractivity (Wildman–Crippen MR) is 58.1 cm³/mol. The molecule has 0 spiro atoms. The highest BCUT2D eigenvalue weighted by molar-refractivity contribution is 5.53. The Kier molecular flexibility index (Phi) is 6.62. The zero-order valence-corrected chi connectivity index (χ0v) is 11.3. The zero-order chi connectivity index (χ0) is 18.7. The summed E-state index contributed by atoms with van der Waals surface area (Å²) in [6.07, 6.45) is -8.86. The molecule has 0 aromatic carbocycles. The summed E-state index contributed by atoms with van der Waals surface area (Å²) in [5.74, 6) is -20.8. The van der Waals surface area contributed by atoms with Crippen LogP contribution in [0.4, 0.5) is 44.3 Å². The van der Waals surface area contributed by atoms with Crippen molar-refractivity contribution in [2.75, 3.05) is 0 Å². The van der Waals surface area contributed by atoms with Crippen LogP contribution in [-0.2, 0) is 0 Å². The Morgan fingerprint density at radius 2 is 1.09 bits per heavy atom. The molecule has 0 bridgehead atoms. The van der Waals surface area contributed by atoms with E-state index in [4.69, 9.17) is 15.0 Å². The number of halogens is 9. The maximum absolute atomic E-state index is 13.4. The Morgan fingerprint density at radius 1 is 0.739 bits per heavy atom. The Balaban J connectivity index is 0.00000108. The highest BCUT2D eigenvalue weighted by Gasteiger charge is 2.82. The Bertz CT molecular complexity index is 396. The summed E-state index contributed by atoms with van der Waals surface area (Å²) >= 11 is 0. The SMILES string of the molecule is FC(F)(F)C(F)(F)C(F)(F)C(F)(F)C1CCCCC1.O=C(O)O. The molecule has 1 saturated carbocycles. The molecule has 3 nitrogen and oxygen atoms in total. The molecule has 0 amide bonds. The minimum Gasteiger partial charge on any atom is -0.450 e. The van der Waals surface area contributed by atoms with Gasteiger partial charge in [-0.3, -0.25) is 0 Å². The predicted octanol–water partition coefficient (Wildman–Crippen LogP) is 5.26. The van der Waals surface area contributed by atoms with E-state index >= 15 is 0 Å². The average Bonchev–Trinajstić information content (AvgIpc) is 2.37. The van der Waals surface area contributed by atoms with Crippen molar-refractivity contribution in [2.45, 2.75) is 56.0 Å². The highest BCUT2D eigenvalue weighted by atomic mass is 19.4. The van der Waals surface area contributed by atoms with E-state index in [1.807, 2.05) is 0 Å². The third-order valence-corrected chi connectivity index (χ3v) is 3.29. The molecule has 0 aromatic rings. The van der Waals surface area contributed by atoms with Crippen LogP contribution in [0.1, 0.15) is 32.1 Å². The normalized spacial score (nSPS) is 18.1. The van der Waals surface area contributed by atoms with E-state index in [-0.39, 0.29) is 12.8 Å². The summed E-state index contributed by atoms with van der Waals surface area (Å²) in [4.78, 5) is 8.56. The molecule has 0 saturated heterocycles. The van der Waals surface area contributed by atoms with Gasteiger partial charge in [-0.1, -0.05) is 19.3 Å². The molecular formula is C11H13F9O3. The average molecular weight is 364 g/mol. The van der Waals surface area contributed by atoms with E-state index in [1.54, 1.807) is 0 Å². The van der Waals surface area contributed by atoms with Gasteiger partial charge in [0.25, 0.3) is 0 Å². The molecule has 138 valence electrons. The fourth-order valence-electron chi connectivity index (χ4n) is 2.11. The number of carbonyl (C=O) groups is 1. The summed E-state index contributed by atoms with van der Waals surface area (Å²) in [7, 11) is 0. The third kappa shape index (κ3) is 4.56. The summed E-state index contributed by atoms with van der Waals surface area (Å²) in [5, 5.41) is 13.9. The van der Waals surface area contributed by atoms with Gasteiger partial charge in [-0.2, -0.15) is 39.5 Å². The van der Waals surface area contributed by atoms with Crippen LogP contribution < -0.4 is 0 Å². The lowest BCUT2D eigenvalue weighted by molar-refractivity contribution is -0.404. The van der Waals surface area contributed by atoms with Gasteiger partial charge >= 0.3 is 30.1 Å². The monoisotopic (exact) mass is 364 g/mol. The van der Waals surface area contributed by atoms with Gasteiger partial charge in [-0.25, -0.2) is 4.79 Å². The maximum Gasteiger partial charge on any atom is 0.503 e. The van der Waals surface area contributed by atoms with Gasteiger partial charge in [0.05, 0.1) is 0 Å². The summed E-state index contributed by atoms with van der Waals surface area (Å²) in [6.45, 7) is 0. The van der Waals surface area contributed by atoms with Crippen LogP contribution in [0.25, 0.3) is 0 Å². The highest BCUT2D eigenvalue weighted by Crippen LogP contribution is 2.56. The first-order valence-electron chi connectivity index (χ1n) is 6.21. The second-order valence-electron chi connectivity index (χ2n) is 4.89. The first-order valence-corrected chi connectivity index (χ1v) is 6.21. The van der Waals surface area contributed by atoms with Crippen LogP contribution in [0.2, 0.25) is 0 Å². The number of carboxylic acid groups (broad SMARTS) is 2. The molecule has 1 rings (SSSR count). The van der Waals surface area contributed by atoms with Crippen molar-refractivity contribution < 1.29 is 54.5 Å². The van der Waals surface area contributed by atoms with Crippen molar-refractivity contribution >= 4 is 6.16 Å². The molecule has 0 aromatic heterocycles. The van der Waals surface area contributed by atoms with Gasteiger partial charge in [0, 0.05) is 5.92 Å². The van der Waals surface area contributed by atoms with E-state index in [0.717, 1.165) is 0 Å². The molecule has 1 fully saturated rings. The summed E-state index contributed by atoms with van der Waals surface area (Å²) < 4.78 is 114. The van der Waals surface area contributed by atoms with Crippen molar-refractivity contribution in [2.24, 2.45) is 5.92 Å². The molecule has 0 atom stereocenters. The molecule has 1 aliphatic carbocycles. The van der Waals surface area contributed by atoms with Gasteiger partial charge in [0.1, 0.15) is 0 Å². The van der Waals surface area contributed by atoms with Gasteiger partial charge in [-0.05, 0) is 12.8 Å². The fraction of sp³-hybridized carbons (Fsp3) is 0.909. The van der Waals surface area contributed by atoms with Crippen LogP contribution in [0.5, 0.6) is 0 Å². The lowest BCUT2D eigenvalue weighted by atomic mass is 9.80. The number of alkyl halides is 9. The van der Waals surface area contributed by atoms with Crippen LogP contribution in [0, 0.1) is 5.92 Å². The Hall–Kier alpha value is -1.36. The third-order valence-electron chi connectivity index (χ3n) is 3.29. The Morgan fingerprint density at radius 3 is 1.39 bits per heavy atom. The van der Waals surface area contributed by atoms with Crippen molar-refractivity contribution in [3.05, 3.63) is 0 Å². The van der Waals surface area contributed by atoms with Gasteiger partial charge in [0.15, 0.2) is 0 Å². The fourth-order valence-corrected chi connectivity index (χ4v) is 2.11. The zero-order valence-electron chi connectivity index (χ0n) is 11.3. The van der Waals surface area contributed by atoms with Crippen molar-refractivity contribution in [1.82, 2.24) is 0 Å². The quantitative estimate of drug-likeness (QED) is 0.672. The minimum atomic E-state index is -6.76. The van der Waals surface area contributed by atoms with Gasteiger partial charge < -0.3 is 10.2 Å². The van der Waals surface area contributed by atoms with E-state index in [0.29, 0.717) is 6.42 Å². The van der Waals surface area contributed by atoms with Crippen LogP contribution in [0.15, 0.2) is 0 Å². The van der Waals surface area contributed by atoms with E-state index in [1.165, 1.54) is 0 Å². The molecule has 0 heterocycles. The second-order valence-corrected chi connectivity index (χ2v) is 4.89. The summed E-state index contributed by atoms with van der Waals surface area (Å²) in [5.41, 5.74) is 0. The first kappa shape index (κ1) is 21.6. The van der Waals surface area contributed by atoms with Gasteiger partial charge in [0.2, 0.25) is 0 Å². The lowest BCUT2D eigenvalue weighted by Crippen LogP contribution is -2.63. The van der Waals surface area contributed by atoms with Gasteiger partial charge in [-0.15, -0.1) is 0 Å².